The van der Waals surface area contributed by atoms with Crippen LogP contribution in [0.1, 0.15) is 31.2 Å². The minimum Gasteiger partial charge on any atom is -0.494 e. The molecule has 0 amide bonds. The van der Waals surface area contributed by atoms with Gasteiger partial charge in [0.1, 0.15) is 5.78 Å². The van der Waals surface area contributed by atoms with E-state index in [1.807, 2.05) is 0 Å². The number of hydrogen-bond donors (Lipinski definition) is 1. The summed E-state index contributed by atoms with van der Waals surface area (Å²) in [6.07, 6.45) is 3.81. The maximum Gasteiger partial charge on any atom is 0.168 e. The van der Waals surface area contributed by atoms with Crippen LogP contribution in [-0.2, 0) is 11.2 Å². The molecular formula is C15H20FNO2. The zero-order valence-electron chi connectivity index (χ0n) is 11.2. The molecule has 0 unspecified atom stereocenters. The van der Waals surface area contributed by atoms with Crippen molar-refractivity contribution in [2.24, 2.45) is 11.1 Å². The molecule has 1 aromatic rings. The lowest BCUT2D eigenvalue weighted by Crippen LogP contribution is -2.37. The van der Waals surface area contributed by atoms with E-state index in [1.165, 1.54) is 7.11 Å². The maximum atomic E-state index is 14.0. The second-order valence-corrected chi connectivity index (χ2v) is 5.22. The van der Waals surface area contributed by atoms with Crippen LogP contribution in [-0.4, -0.2) is 19.4 Å². The monoisotopic (exact) mass is 265 g/mol. The van der Waals surface area contributed by atoms with Gasteiger partial charge < -0.3 is 10.5 Å². The molecule has 0 saturated heterocycles. The summed E-state index contributed by atoms with van der Waals surface area (Å²) in [5.74, 6) is -0.207. The fourth-order valence-electron chi connectivity index (χ4n) is 2.86. The van der Waals surface area contributed by atoms with Crippen molar-refractivity contribution in [2.75, 3.05) is 13.7 Å². The molecule has 0 aromatic heterocycles. The summed E-state index contributed by atoms with van der Waals surface area (Å²) in [6.45, 7) is 0.359. The zero-order chi connectivity index (χ0) is 13.9. The van der Waals surface area contributed by atoms with Gasteiger partial charge >= 0.3 is 0 Å². The van der Waals surface area contributed by atoms with E-state index in [1.54, 1.807) is 18.2 Å². The minimum absolute atomic E-state index is 0.0552. The number of carbonyl (C=O) groups is 1. The first-order valence-corrected chi connectivity index (χ1v) is 6.68. The zero-order valence-corrected chi connectivity index (χ0v) is 11.2. The quantitative estimate of drug-likeness (QED) is 0.889. The van der Waals surface area contributed by atoms with E-state index in [0.29, 0.717) is 12.1 Å². The first kappa shape index (κ1) is 14.0. The Morgan fingerprint density at radius 3 is 2.68 bits per heavy atom. The topological polar surface area (TPSA) is 52.3 Å². The van der Waals surface area contributed by atoms with Crippen LogP contribution in [0.25, 0.3) is 0 Å². The van der Waals surface area contributed by atoms with Gasteiger partial charge in [0.25, 0.3) is 0 Å². The maximum absolute atomic E-state index is 14.0. The van der Waals surface area contributed by atoms with Crippen molar-refractivity contribution in [2.45, 2.75) is 32.1 Å². The summed E-state index contributed by atoms with van der Waals surface area (Å²) in [5.41, 5.74) is 5.74. The molecule has 1 aliphatic rings. The number of carbonyl (C=O) groups excluding carboxylic acids is 1. The highest BCUT2D eigenvalue weighted by Gasteiger charge is 2.39. The molecule has 0 spiro atoms. The molecule has 19 heavy (non-hydrogen) atoms. The van der Waals surface area contributed by atoms with E-state index in [4.69, 9.17) is 10.5 Å². The third kappa shape index (κ3) is 2.63. The van der Waals surface area contributed by atoms with Gasteiger partial charge in [0, 0.05) is 18.4 Å². The fraction of sp³-hybridized carbons (Fsp3) is 0.533. The standard InChI is InChI=1S/C15H20FNO2/c1-19-12-6-4-5-11(14(12)16)9-13(18)15(10-17)7-2-3-8-15/h4-6H,2-3,7-10,17H2,1H3. The lowest BCUT2D eigenvalue weighted by molar-refractivity contribution is -0.127. The van der Waals surface area contributed by atoms with Gasteiger partial charge in [-0.15, -0.1) is 0 Å². The predicted molar refractivity (Wildman–Crippen MR) is 71.6 cm³/mol. The van der Waals surface area contributed by atoms with Gasteiger partial charge in [0.05, 0.1) is 7.11 Å². The summed E-state index contributed by atoms with van der Waals surface area (Å²) in [5, 5.41) is 0. The number of rotatable bonds is 5. The average molecular weight is 265 g/mol. The van der Waals surface area contributed by atoms with E-state index < -0.39 is 11.2 Å². The Hall–Kier alpha value is -1.42. The van der Waals surface area contributed by atoms with Crippen LogP contribution in [0.15, 0.2) is 18.2 Å². The number of benzene rings is 1. The summed E-state index contributed by atoms with van der Waals surface area (Å²) < 4.78 is 19.0. The van der Waals surface area contributed by atoms with Gasteiger partial charge in [-0.2, -0.15) is 0 Å². The van der Waals surface area contributed by atoms with Crippen molar-refractivity contribution in [1.29, 1.82) is 0 Å². The fourth-order valence-corrected chi connectivity index (χ4v) is 2.86. The molecule has 1 aromatic carbocycles. The molecular weight excluding hydrogens is 245 g/mol. The molecule has 3 nitrogen and oxygen atoms in total. The van der Waals surface area contributed by atoms with Crippen molar-refractivity contribution < 1.29 is 13.9 Å². The van der Waals surface area contributed by atoms with Crippen LogP contribution in [0.4, 0.5) is 4.39 Å². The molecule has 0 atom stereocenters. The van der Waals surface area contributed by atoms with Crippen LogP contribution in [0, 0.1) is 11.2 Å². The first-order chi connectivity index (χ1) is 9.13. The predicted octanol–water partition coefficient (Wildman–Crippen LogP) is 2.47. The number of ether oxygens (including phenoxy) is 1. The van der Waals surface area contributed by atoms with Crippen LogP contribution in [0.3, 0.4) is 0 Å². The lowest BCUT2D eigenvalue weighted by Gasteiger charge is -2.25. The minimum atomic E-state index is -0.441. The Kier molecular flexibility index (Phi) is 4.20. The molecule has 4 heteroatoms. The third-order valence-corrected chi connectivity index (χ3v) is 4.16. The van der Waals surface area contributed by atoms with Crippen molar-refractivity contribution in [1.82, 2.24) is 0 Å². The lowest BCUT2D eigenvalue weighted by atomic mass is 9.79. The molecule has 1 saturated carbocycles. The SMILES string of the molecule is COc1cccc(CC(=O)C2(CN)CCCC2)c1F. The molecule has 0 radical (unpaired) electrons. The molecule has 2 rings (SSSR count). The first-order valence-electron chi connectivity index (χ1n) is 6.68. The second kappa shape index (κ2) is 5.70. The van der Waals surface area contributed by atoms with E-state index in [2.05, 4.69) is 0 Å². The normalized spacial score (nSPS) is 17.4. The molecule has 1 aliphatic carbocycles. The van der Waals surface area contributed by atoms with Gasteiger partial charge in [-0.1, -0.05) is 25.0 Å². The molecule has 2 N–H and O–H groups in total. The van der Waals surface area contributed by atoms with Gasteiger partial charge in [0.2, 0.25) is 0 Å². The largest absolute Gasteiger partial charge is 0.494 e. The number of methoxy groups -OCH3 is 1. The number of ketones is 1. The van der Waals surface area contributed by atoms with Gasteiger partial charge in [-0.3, -0.25) is 4.79 Å². The summed E-state index contributed by atoms with van der Waals surface area (Å²) in [7, 11) is 1.42. The van der Waals surface area contributed by atoms with Crippen LogP contribution in [0.2, 0.25) is 0 Å². The third-order valence-electron chi connectivity index (χ3n) is 4.16. The van der Waals surface area contributed by atoms with Gasteiger partial charge in [-0.05, 0) is 24.5 Å². The highest BCUT2D eigenvalue weighted by molar-refractivity contribution is 5.87. The molecule has 104 valence electrons. The van der Waals surface area contributed by atoms with Crippen LogP contribution in [0.5, 0.6) is 5.75 Å². The van der Waals surface area contributed by atoms with Crippen LogP contribution >= 0.6 is 0 Å². The van der Waals surface area contributed by atoms with E-state index in [9.17, 15) is 9.18 Å². The number of halogens is 1. The Morgan fingerprint density at radius 1 is 1.42 bits per heavy atom. The second-order valence-electron chi connectivity index (χ2n) is 5.22. The highest BCUT2D eigenvalue weighted by atomic mass is 19.1. The highest BCUT2D eigenvalue weighted by Crippen LogP contribution is 2.39. The summed E-state index contributed by atoms with van der Waals surface area (Å²) in [6, 6.07) is 4.89. The van der Waals surface area contributed by atoms with Crippen molar-refractivity contribution in [3.05, 3.63) is 29.6 Å². The van der Waals surface area contributed by atoms with Crippen molar-refractivity contribution in [3.63, 3.8) is 0 Å². The van der Waals surface area contributed by atoms with Gasteiger partial charge in [-0.25, -0.2) is 4.39 Å². The number of nitrogens with two attached hydrogens (primary N) is 1. The smallest absolute Gasteiger partial charge is 0.168 e. The number of Topliss-reactive ketones (excluding diaryl/α,β-unsaturated/α-hetero) is 1. The number of hydrogen-bond acceptors (Lipinski definition) is 3. The van der Waals surface area contributed by atoms with Crippen LogP contribution < -0.4 is 10.5 Å². The Balaban J connectivity index is 2.19. The molecule has 0 bridgehead atoms. The molecule has 1 fully saturated rings. The molecule has 0 aliphatic heterocycles. The van der Waals surface area contributed by atoms with E-state index >= 15 is 0 Å². The van der Waals surface area contributed by atoms with Gasteiger partial charge in [0.15, 0.2) is 11.6 Å². The average Bonchev–Trinajstić information content (AvgIpc) is 2.91. The van der Waals surface area contributed by atoms with E-state index in [0.717, 1.165) is 25.7 Å². The van der Waals surface area contributed by atoms with Crippen molar-refractivity contribution >= 4 is 5.78 Å². The Bertz CT molecular complexity index is 467. The Labute approximate surface area is 112 Å². The molecule has 0 heterocycles. The van der Waals surface area contributed by atoms with Crippen molar-refractivity contribution in [3.8, 4) is 5.75 Å². The van der Waals surface area contributed by atoms with E-state index in [-0.39, 0.29) is 18.0 Å². The Morgan fingerprint density at radius 2 is 2.11 bits per heavy atom. The summed E-state index contributed by atoms with van der Waals surface area (Å²) >= 11 is 0. The summed E-state index contributed by atoms with van der Waals surface area (Å²) in [4.78, 5) is 12.4.